The second-order valence-corrected chi connectivity index (χ2v) is 6.16. The molecule has 0 fully saturated rings. The molecule has 1 aliphatic rings. The molecule has 1 heterocycles. The van der Waals surface area contributed by atoms with E-state index in [2.05, 4.69) is 15.9 Å². The summed E-state index contributed by atoms with van der Waals surface area (Å²) in [6.07, 6.45) is 0.634. The molecule has 0 saturated carbocycles. The summed E-state index contributed by atoms with van der Waals surface area (Å²) in [5.41, 5.74) is 1.90. The van der Waals surface area contributed by atoms with Crippen LogP contribution in [0.2, 0.25) is 0 Å². The number of fused-ring (bicyclic) bond motifs is 1. The first-order chi connectivity index (χ1) is 10.1. The summed E-state index contributed by atoms with van der Waals surface area (Å²) in [6, 6.07) is 12.8. The molecule has 0 aromatic heterocycles. The third kappa shape index (κ3) is 3.11. The van der Waals surface area contributed by atoms with Gasteiger partial charge in [-0.25, -0.2) is 4.39 Å². The van der Waals surface area contributed by atoms with Gasteiger partial charge in [0.1, 0.15) is 11.6 Å². The summed E-state index contributed by atoms with van der Waals surface area (Å²) < 4.78 is 19.7. The topological polar surface area (TPSA) is 29.5 Å². The smallest absolute Gasteiger partial charge is 0.137 e. The highest BCUT2D eigenvalue weighted by Gasteiger charge is 2.26. The minimum absolute atomic E-state index is 0.0232. The molecule has 1 N–H and O–H groups in total. The van der Waals surface area contributed by atoms with Crippen LogP contribution >= 0.6 is 15.9 Å². The van der Waals surface area contributed by atoms with E-state index in [-0.39, 0.29) is 11.7 Å². The first-order valence-electron chi connectivity index (χ1n) is 6.97. The normalized spacial score (nSPS) is 18.7. The maximum absolute atomic E-state index is 13.5. The number of ether oxygens (including phenoxy) is 1. The quantitative estimate of drug-likeness (QED) is 0.913. The van der Waals surface area contributed by atoms with Crippen molar-refractivity contribution in [3.05, 3.63) is 63.9 Å². The number of benzene rings is 2. The molecule has 2 nitrogen and oxygen atoms in total. The van der Waals surface area contributed by atoms with Crippen molar-refractivity contribution in [2.45, 2.75) is 18.9 Å². The zero-order valence-electron chi connectivity index (χ0n) is 11.4. The lowest BCUT2D eigenvalue weighted by molar-refractivity contribution is 0.0651. The number of aliphatic hydroxyl groups excluding tert-OH is 1. The Balaban J connectivity index is 1.72. The van der Waals surface area contributed by atoms with Crippen LogP contribution in [0.4, 0.5) is 4.39 Å². The van der Waals surface area contributed by atoms with Gasteiger partial charge in [0.15, 0.2) is 0 Å². The lowest BCUT2D eigenvalue weighted by atomic mass is 9.89. The molecular weight excluding hydrogens is 335 g/mol. The van der Waals surface area contributed by atoms with Crippen molar-refractivity contribution in [2.75, 3.05) is 6.61 Å². The fourth-order valence-corrected chi connectivity index (χ4v) is 3.12. The number of aliphatic hydroxyl groups is 1. The summed E-state index contributed by atoms with van der Waals surface area (Å²) in [4.78, 5) is 0. The van der Waals surface area contributed by atoms with Crippen molar-refractivity contribution in [2.24, 2.45) is 5.92 Å². The lowest BCUT2D eigenvalue weighted by Gasteiger charge is -2.29. The van der Waals surface area contributed by atoms with Gasteiger partial charge in [0.25, 0.3) is 0 Å². The van der Waals surface area contributed by atoms with E-state index in [9.17, 15) is 9.50 Å². The van der Waals surface area contributed by atoms with E-state index < -0.39 is 6.10 Å². The summed E-state index contributed by atoms with van der Waals surface area (Å²) >= 11 is 3.24. The Morgan fingerprint density at radius 3 is 2.90 bits per heavy atom. The maximum Gasteiger partial charge on any atom is 0.137 e. The standard InChI is InChI=1S/C17H16BrFO2/c18-17-12(5-3-6-14(17)19)9-15(20)13-8-11-4-1-2-7-16(11)21-10-13/h1-7,13,15,20H,8-10H2. The summed E-state index contributed by atoms with van der Waals surface area (Å²) in [5, 5.41) is 10.4. The van der Waals surface area contributed by atoms with Crippen LogP contribution in [0.1, 0.15) is 11.1 Å². The molecule has 3 rings (SSSR count). The van der Waals surface area contributed by atoms with Gasteiger partial charge < -0.3 is 9.84 Å². The Morgan fingerprint density at radius 1 is 1.24 bits per heavy atom. The van der Waals surface area contributed by atoms with Crippen molar-refractivity contribution >= 4 is 15.9 Å². The van der Waals surface area contributed by atoms with E-state index in [1.807, 2.05) is 30.3 Å². The Kier molecular flexibility index (Phi) is 4.27. The van der Waals surface area contributed by atoms with Crippen LogP contribution in [0, 0.1) is 11.7 Å². The fourth-order valence-electron chi connectivity index (χ4n) is 2.70. The number of hydrogen-bond acceptors (Lipinski definition) is 2. The zero-order valence-corrected chi connectivity index (χ0v) is 13.0. The van der Waals surface area contributed by atoms with Crippen LogP contribution in [0.25, 0.3) is 0 Å². The van der Waals surface area contributed by atoms with Gasteiger partial charge in [-0.2, -0.15) is 0 Å². The average molecular weight is 351 g/mol. The molecular formula is C17H16BrFO2. The lowest BCUT2D eigenvalue weighted by Crippen LogP contribution is -2.33. The largest absolute Gasteiger partial charge is 0.493 e. The average Bonchev–Trinajstić information content (AvgIpc) is 2.51. The van der Waals surface area contributed by atoms with Gasteiger partial charge in [0.2, 0.25) is 0 Å². The van der Waals surface area contributed by atoms with Crippen molar-refractivity contribution in [3.63, 3.8) is 0 Å². The van der Waals surface area contributed by atoms with Gasteiger partial charge in [-0.1, -0.05) is 30.3 Å². The number of hydrogen-bond donors (Lipinski definition) is 1. The Labute approximate surface area is 131 Å². The first-order valence-corrected chi connectivity index (χ1v) is 7.76. The fraction of sp³-hybridized carbons (Fsp3) is 0.294. The van der Waals surface area contributed by atoms with Crippen molar-refractivity contribution in [3.8, 4) is 5.75 Å². The minimum atomic E-state index is -0.559. The van der Waals surface area contributed by atoms with E-state index in [4.69, 9.17) is 4.74 Å². The van der Waals surface area contributed by atoms with E-state index in [1.54, 1.807) is 6.07 Å². The molecule has 4 heteroatoms. The molecule has 0 radical (unpaired) electrons. The highest BCUT2D eigenvalue weighted by Crippen LogP contribution is 2.30. The third-order valence-electron chi connectivity index (χ3n) is 3.91. The molecule has 2 aromatic carbocycles. The molecule has 2 unspecified atom stereocenters. The maximum atomic E-state index is 13.5. The van der Waals surface area contributed by atoms with Gasteiger partial charge >= 0.3 is 0 Å². The molecule has 0 saturated heterocycles. The molecule has 1 aliphatic heterocycles. The monoisotopic (exact) mass is 350 g/mol. The van der Waals surface area contributed by atoms with Crippen LogP contribution in [-0.2, 0) is 12.8 Å². The molecule has 0 amide bonds. The van der Waals surface area contributed by atoms with Gasteiger partial charge in [-0.3, -0.25) is 0 Å². The van der Waals surface area contributed by atoms with Crippen molar-refractivity contribution in [1.82, 2.24) is 0 Å². The van der Waals surface area contributed by atoms with Gasteiger partial charge in [-0.15, -0.1) is 0 Å². The number of para-hydroxylation sites is 1. The molecule has 2 aromatic rings. The molecule has 21 heavy (non-hydrogen) atoms. The summed E-state index contributed by atoms with van der Waals surface area (Å²) in [7, 11) is 0. The molecule has 0 bridgehead atoms. The Hall–Kier alpha value is -1.39. The highest BCUT2D eigenvalue weighted by molar-refractivity contribution is 9.10. The zero-order chi connectivity index (χ0) is 14.8. The third-order valence-corrected chi connectivity index (χ3v) is 4.80. The molecule has 0 spiro atoms. The van der Waals surface area contributed by atoms with Crippen LogP contribution in [0.15, 0.2) is 46.9 Å². The number of halogens is 2. The minimum Gasteiger partial charge on any atom is -0.493 e. The summed E-state index contributed by atoms with van der Waals surface area (Å²) in [5.74, 6) is 0.618. The molecule has 2 atom stereocenters. The van der Waals surface area contributed by atoms with Gasteiger partial charge in [-0.05, 0) is 52.0 Å². The van der Waals surface area contributed by atoms with E-state index in [0.717, 1.165) is 23.3 Å². The predicted octanol–water partition coefficient (Wildman–Crippen LogP) is 3.74. The Morgan fingerprint density at radius 2 is 2.05 bits per heavy atom. The van der Waals surface area contributed by atoms with E-state index in [1.165, 1.54) is 6.07 Å². The van der Waals surface area contributed by atoms with E-state index >= 15 is 0 Å². The summed E-state index contributed by atoms with van der Waals surface area (Å²) in [6.45, 7) is 0.491. The molecule has 110 valence electrons. The number of rotatable bonds is 3. The van der Waals surface area contributed by atoms with Gasteiger partial charge in [0, 0.05) is 5.92 Å². The highest BCUT2D eigenvalue weighted by atomic mass is 79.9. The molecule has 0 aliphatic carbocycles. The van der Waals surface area contributed by atoms with Crippen LogP contribution in [-0.4, -0.2) is 17.8 Å². The van der Waals surface area contributed by atoms with E-state index in [0.29, 0.717) is 17.5 Å². The Bertz CT molecular complexity index is 644. The van der Waals surface area contributed by atoms with Gasteiger partial charge in [0.05, 0.1) is 17.2 Å². The van der Waals surface area contributed by atoms with Crippen molar-refractivity contribution < 1.29 is 14.2 Å². The predicted molar refractivity (Wildman–Crippen MR) is 82.9 cm³/mol. The SMILES string of the molecule is OC(Cc1cccc(F)c1Br)C1COc2ccccc2C1. The van der Waals surface area contributed by atoms with Crippen LogP contribution < -0.4 is 4.74 Å². The second-order valence-electron chi connectivity index (χ2n) is 5.37. The van der Waals surface area contributed by atoms with Crippen LogP contribution in [0.3, 0.4) is 0 Å². The first kappa shape index (κ1) is 14.5. The van der Waals surface area contributed by atoms with Crippen LogP contribution in [0.5, 0.6) is 5.75 Å². The second kappa shape index (κ2) is 6.16. The van der Waals surface area contributed by atoms with Crippen molar-refractivity contribution in [1.29, 1.82) is 0 Å².